The first kappa shape index (κ1) is 13.9. The third-order valence-electron chi connectivity index (χ3n) is 2.03. The molecule has 0 aliphatic heterocycles. The van der Waals surface area contributed by atoms with Crippen molar-refractivity contribution in [1.29, 1.82) is 0 Å². The van der Waals surface area contributed by atoms with E-state index >= 15 is 0 Å². The molecule has 0 bridgehead atoms. The number of nitrogens with zero attached hydrogens (tertiary/aromatic N) is 1. The molecular weight excluding hydrogens is 312 g/mol. The number of nitro groups is 1. The predicted octanol–water partition coefficient (Wildman–Crippen LogP) is 2.51. The average molecular weight is 323 g/mol. The number of benzene rings is 1. The number of nitrogens with one attached hydrogen (secondary N) is 1. The molecule has 1 aromatic rings. The normalized spacial score (nSPS) is 11.5. The molecule has 0 unspecified atom stereocenters. The Morgan fingerprint density at radius 3 is 2.41 bits per heavy atom. The molecule has 8 heteroatoms. The first-order chi connectivity index (χ1) is 7.74. The van der Waals surface area contributed by atoms with Gasteiger partial charge >= 0.3 is 0 Å². The number of hydrogen-bond donors (Lipinski definition) is 1. The molecule has 1 N–H and O–H groups in total. The maximum absolute atomic E-state index is 11.6. The summed E-state index contributed by atoms with van der Waals surface area (Å²) in [6, 6.07) is 3.95. The molecule has 17 heavy (non-hydrogen) atoms. The first-order valence-electron chi connectivity index (χ1n) is 4.69. The second-order valence-corrected chi connectivity index (χ2v) is 6.71. The van der Waals surface area contributed by atoms with Gasteiger partial charge in [0.15, 0.2) is 0 Å². The van der Waals surface area contributed by atoms with E-state index in [-0.39, 0.29) is 15.8 Å². The van der Waals surface area contributed by atoms with E-state index in [2.05, 4.69) is 20.7 Å². The summed E-state index contributed by atoms with van der Waals surface area (Å²) in [5, 5.41) is 9.99. The van der Waals surface area contributed by atoms with E-state index in [1.54, 1.807) is 13.8 Å². The van der Waals surface area contributed by atoms with Gasteiger partial charge in [0.05, 0.1) is 20.3 Å². The minimum Gasteiger partial charge on any atom is -0.283 e. The standard InChI is InChI=1S/C9H11BrN2O4S/c1-6(2)17(15,16)11-7-3-4-9(12(13)14)8(10)5-7/h3-6,11H,1-2H3. The molecular formula is C9H11BrN2O4S. The Kier molecular flexibility index (Phi) is 4.10. The Balaban J connectivity index is 3.04. The highest BCUT2D eigenvalue weighted by Gasteiger charge is 2.17. The van der Waals surface area contributed by atoms with E-state index in [1.165, 1.54) is 18.2 Å². The van der Waals surface area contributed by atoms with Crippen molar-refractivity contribution in [3.05, 3.63) is 32.8 Å². The van der Waals surface area contributed by atoms with Crippen LogP contribution in [0, 0.1) is 10.1 Å². The van der Waals surface area contributed by atoms with Gasteiger partial charge in [-0.25, -0.2) is 8.42 Å². The van der Waals surface area contributed by atoms with Crippen molar-refractivity contribution in [2.24, 2.45) is 0 Å². The number of rotatable bonds is 4. The Morgan fingerprint density at radius 1 is 1.41 bits per heavy atom. The van der Waals surface area contributed by atoms with Gasteiger partial charge in [0.2, 0.25) is 10.0 Å². The van der Waals surface area contributed by atoms with Crippen LogP contribution in [0.25, 0.3) is 0 Å². The molecule has 0 spiro atoms. The lowest BCUT2D eigenvalue weighted by Crippen LogP contribution is -2.22. The molecule has 0 fully saturated rings. The Hall–Kier alpha value is -1.15. The lowest BCUT2D eigenvalue weighted by molar-refractivity contribution is -0.385. The Labute approximate surface area is 107 Å². The number of halogens is 1. The number of nitro benzene ring substituents is 1. The van der Waals surface area contributed by atoms with Gasteiger partial charge in [-0.05, 0) is 41.9 Å². The van der Waals surface area contributed by atoms with Gasteiger partial charge in [-0.15, -0.1) is 0 Å². The fraction of sp³-hybridized carbons (Fsp3) is 0.333. The molecule has 0 atom stereocenters. The summed E-state index contributed by atoms with van der Waals surface area (Å²) >= 11 is 3.02. The van der Waals surface area contributed by atoms with Gasteiger partial charge in [-0.1, -0.05) is 0 Å². The summed E-state index contributed by atoms with van der Waals surface area (Å²) < 4.78 is 25.7. The zero-order valence-electron chi connectivity index (χ0n) is 9.18. The molecule has 0 saturated carbocycles. The number of anilines is 1. The molecule has 0 aliphatic rings. The van der Waals surface area contributed by atoms with Crippen molar-refractivity contribution in [2.75, 3.05) is 4.72 Å². The molecule has 1 aromatic carbocycles. The lowest BCUT2D eigenvalue weighted by Gasteiger charge is -2.10. The van der Waals surface area contributed by atoms with E-state index in [0.29, 0.717) is 0 Å². The topological polar surface area (TPSA) is 89.3 Å². The fourth-order valence-electron chi connectivity index (χ4n) is 1.00. The maximum atomic E-state index is 11.6. The number of hydrogen-bond acceptors (Lipinski definition) is 4. The van der Waals surface area contributed by atoms with Crippen molar-refractivity contribution < 1.29 is 13.3 Å². The average Bonchev–Trinajstić information content (AvgIpc) is 2.15. The van der Waals surface area contributed by atoms with Crippen LogP contribution in [0.4, 0.5) is 11.4 Å². The molecule has 0 aromatic heterocycles. The van der Waals surface area contributed by atoms with Crippen LogP contribution < -0.4 is 4.72 Å². The van der Waals surface area contributed by atoms with E-state index in [4.69, 9.17) is 0 Å². The van der Waals surface area contributed by atoms with Crippen molar-refractivity contribution in [3.63, 3.8) is 0 Å². The van der Waals surface area contributed by atoms with Gasteiger partial charge in [-0.3, -0.25) is 14.8 Å². The molecule has 0 radical (unpaired) electrons. The van der Waals surface area contributed by atoms with E-state index in [1.807, 2.05) is 0 Å². The SMILES string of the molecule is CC(C)S(=O)(=O)Nc1ccc([N+](=O)[O-])c(Br)c1. The smallest absolute Gasteiger partial charge is 0.283 e. The summed E-state index contributed by atoms with van der Waals surface area (Å²) in [5.74, 6) is 0. The zero-order valence-corrected chi connectivity index (χ0v) is 11.6. The molecule has 0 aliphatic carbocycles. The minimum atomic E-state index is -3.44. The van der Waals surface area contributed by atoms with Crippen LogP contribution in [0.2, 0.25) is 0 Å². The van der Waals surface area contributed by atoms with Crippen LogP contribution in [-0.4, -0.2) is 18.6 Å². The second-order valence-electron chi connectivity index (χ2n) is 3.62. The third kappa shape index (κ3) is 3.40. The van der Waals surface area contributed by atoms with Crippen molar-refractivity contribution >= 4 is 37.3 Å². The summed E-state index contributed by atoms with van der Waals surface area (Å²) in [7, 11) is -3.44. The zero-order chi connectivity index (χ0) is 13.2. The van der Waals surface area contributed by atoms with Crippen LogP contribution in [0.5, 0.6) is 0 Å². The quantitative estimate of drug-likeness (QED) is 0.681. The Bertz CT molecular complexity index is 542. The van der Waals surface area contributed by atoms with Crippen LogP contribution in [0.3, 0.4) is 0 Å². The highest BCUT2D eigenvalue weighted by Crippen LogP contribution is 2.28. The molecule has 0 saturated heterocycles. The lowest BCUT2D eigenvalue weighted by atomic mass is 10.3. The van der Waals surface area contributed by atoms with Gasteiger partial charge in [0.1, 0.15) is 0 Å². The number of sulfonamides is 1. The van der Waals surface area contributed by atoms with Gasteiger partial charge in [0, 0.05) is 6.07 Å². The Morgan fingerprint density at radius 2 is 2.00 bits per heavy atom. The minimum absolute atomic E-state index is 0.113. The molecule has 0 amide bonds. The second kappa shape index (κ2) is 5.01. The van der Waals surface area contributed by atoms with E-state index in [0.717, 1.165) is 0 Å². The monoisotopic (exact) mass is 322 g/mol. The summed E-state index contributed by atoms with van der Waals surface area (Å²) in [4.78, 5) is 10.0. The van der Waals surface area contributed by atoms with Crippen LogP contribution >= 0.6 is 15.9 Å². The third-order valence-corrected chi connectivity index (χ3v) is 4.42. The van der Waals surface area contributed by atoms with Crippen molar-refractivity contribution in [3.8, 4) is 0 Å². The summed E-state index contributed by atoms with van der Waals surface area (Å²) in [5.41, 5.74) is 0.175. The van der Waals surface area contributed by atoms with Crippen molar-refractivity contribution in [1.82, 2.24) is 0 Å². The highest BCUT2D eigenvalue weighted by molar-refractivity contribution is 9.10. The van der Waals surface area contributed by atoms with Crippen molar-refractivity contribution in [2.45, 2.75) is 19.1 Å². The van der Waals surface area contributed by atoms with E-state index < -0.39 is 20.2 Å². The van der Waals surface area contributed by atoms with Gasteiger partial charge < -0.3 is 0 Å². The highest BCUT2D eigenvalue weighted by atomic mass is 79.9. The molecule has 94 valence electrons. The maximum Gasteiger partial charge on any atom is 0.283 e. The summed E-state index contributed by atoms with van der Waals surface area (Å²) in [6.45, 7) is 3.09. The van der Waals surface area contributed by atoms with Crippen LogP contribution in [0.1, 0.15) is 13.8 Å². The van der Waals surface area contributed by atoms with Gasteiger partial charge in [0.25, 0.3) is 5.69 Å². The largest absolute Gasteiger partial charge is 0.283 e. The predicted molar refractivity (Wildman–Crippen MR) is 68.5 cm³/mol. The molecule has 0 heterocycles. The first-order valence-corrected chi connectivity index (χ1v) is 7.03. The van der Waals surface area contributed by atoms with Gasteiger partial charge in [-0.2, -0.15) is 0 Å². The van der Waals surface area contributed by atoms with Crippen LogP contribution in [-0.2, 0) is 10.0 Å². The summed E-state index contributed by atoms with van der Waals surface area (Å²) in [6.07, 6.45) is 0. The van der Waals surface area contributed by atoms with E-state index in [9.17, 15) is 18.5 Å². The molecule has 6 nitrogen and oxygen atoms in total. The molecule has 1 rings (SSSR count). The fourth-order valence-corrected chi connectivity index (χ4v) is 2.22. The van der Waals surface area contributed by atoms with Crippen LogP contribution in [0.15, 0.2) is 22.7 Å².